The molecule has 0 fully saturated rings. The van der Waals surface area contributed by atoms with Crippen molar-refractivity contribution in [3.8, 4) is 0 Å². The number of fused-ring (bicyclic) bond motifs is 1. The van der Waals surface area contributed by atoms with Crippen molar-refractivity contribution < 1.29 is 23.1 Å². The summed E-state index contributed by atoms with van der Waals surface area (Å²) >= 11 is 1.24. The highest BCUT2D eigenvalue weighted by Crippen LogP contribution is 2.44. The van der Waals surface area contributed by atoms with Gasteiger partial charge in [0.05, 0.1) is 16.5 Å². The fourth-order valence-corrected chi connectivity index (χ4v) is 3.55. The summed E-state index contributed by atoms with van der Waals surface area (Å²) in [4.78, 5) is 12.8. The van der Waals surface area contributed by atoms with Gasteiger partial charge >= 0.3 is 6.18 Å². The summed E-state index contributed by atoms with van der Waals surface area (Å²) in [5.41, 5.74) is 0.275. The Kier molecular flexibility index (Phi) is 4.08. The van der Waals surface area contributed by atoms with Crippen LogP contribution < -0.4 is 5.32 Å². The first kappa shape index (κ1) is 15.9. The van der Waals surface area contributed by atoms with Crippen molar-refractivity contribution >= 4 is 23.4 Å². The van der Waals surface area contributed by atoms with E-state index in [1.54, 1.807) is 24.3 Å². The summed E-state index contributed by atoms with van der Waals surface area (Å²) in [6.07, 6.45) is -5.78. The molecule has 2 aromatic carbocycles. The highest BCUT2D eigenvalue weighted by atomic mass is 32.2. The highest BCUT2D eigenvalue weighted by molar-refractivity contribution is 7.99. The van der Waals surface area contributed by atoms with Crippen molar-refractivity contribution in [1.29, 1.82) is 0 Å². The number of carbonyl (C=O) groups excluding carboxylic acids is 1. The van der Waals surface area contributed by atoms with Crippen LogP contribution in [0.2, 0.25) is 0 Å². The average Bonchev–Trinajstić information content (AvgIpc) is 2.64. The van der Waals surface area contributed by atoms with Crippen LogP contribution in [-0.2, 0) is 11.0 Å². The molecular weight excluding hydrogens is 327 g/mol. The third-order valence-corrected chi connectivity index (χ3v) is 4.91. The van der Waals surface area contributed by atoms with Crippen LogP contribution in [0.4, 0.5) is 18.9 Å². The molecule has 0 aliphatic carbocycles. The highest BCUT2D eigenvalue weighted by Gasteiger charge is 2.34. The first-order chi connectivity index (χ1) is 10.9. The number of hydrogen-bond acceptors (Lipinski definition) is 3. The fraction of sp³-hybridized carbons (Fsp3) is 0.188. The van der Waals surface area contributed by atoms with E-state index in [1.807, 2.05) is 0 Å². The van der Waals surface area contributed by atoms with E-state index in [9.17, 15) is 23.1 Å². The molecule has 0 unspecified atom stereocenters. The lowest BCUT2D eigenvalue weighted by molar-refractivity contribution is -0.137. The Morgan fingerprint density at radius 2 is 1.70 bits per heavy atom. The molecule has 7 heteroatoms. The van der Waals surface area contributed by atoms with Gasteiger partial charge in [0.1, 0.15) is 6.10 Å². The maximum Gasteiger partial charge on any atom is 0.416 e. The number of halogens is 3. The minimum Gasteiger partial charge on any atom is -0.382 e. The maximum absolute atomic E-state index is 12.6. The zero-order chi connectivity index (χ0) is 16.6. The Morgan fingerprint density at radius 3 is 2.35 bits per heavy atom. The molecule has 2 N–H and O–H groups in total. The maximum atomic E-state index is 12.6. The van der Waals surface area contributed by atoms with Gasteiger partial charge in [-0.25, -0.2) is 0 Å². The number of para-hydroxylation sites is 1. The largest absolute Gasteiger partial charge is 0.416 e. The predicted molar refractivity (Wildman–Crippen MR) is 81.1 cm³/mol. The zero-order valence-corrected chi connectivity index (χ0v) is 12.5. The van der Waals surface area contributed by atoms with Gasteiger partial charge in [0, 0.05) is 4.90 Å². The van der Waals surface area contributed by atoms with Gasteiger partial charge in [-0.15, -0.1) is 11.8 Å². The van der Waals surface area contributed by atoms with E-state index in [1.165, 1.54) is 23.9 Å². The van der Waals surface area contributed by atoms with Crippen molar-refractivity contribution in [3.05, 3.63) is 59.7 Å². The van der Waals surface area contributed by atoms with E-state index >= 15 is 0 Å². The molecule has 1 aliphatic heterocycles. The number of benzene rings is 2. The quantitative estimate of drug-likeness (QED) is 0.830. The van der Waals surface area contributed by atoms with Crippen molar-refractivity contribution in [2.75, 3.05) is 5.32 Å². The summed E-state index contributed by atoms with van der Waals surface area (Å²) < 4.78 is 37.9. The third kappa shape index (κ3) is 3.20. The summed E-state index contributed by atoms with van der Waals surface area (Å²) in [5.74, 6) is -0.577. The van der Waals surface area contributed by atoms with Crippen LogP contribution in [0.5, 0.6) is 0 Å². The van der Waals surface area contributed by atoms with E-state index < -0.39 is 29.0 Å². The molecule has 23 heavy (non-hydrogen) atoms. The van der Waals surface area contributed by atoms with Gasteiger partial charge in [-0.3, -0.25) is 4.79 Å². The number of aliphatic hydroxyl groups excluding tert-OH is 1. The van der Waals surface area contributed by atoms with Crippen molar-refractivity contribution in [2.24, 2.45) is 0 Å². The lowest BCUT2D eigenvalue weighted by atomic mass is 10.0. The normalized spacial score (nSPS) is 21.3. The molecule has 1 aliphatic rings. The first-order valence-corrected chi connectivity index (χ1v) is 7.66. The minimum atomic E-state index is -4.42. The predicted octanol–water partition coefficient (Wildman–Crippen LogP) is 3.85. The van der Waals surface area contributed by atoms with Crippen LogP contribution in [0.1, 0.15) is 16.4 Å². The second-order valence-electron chi connectivity index (χ2n) is 5.09. The van der Waals surface area contributed by atoms with E-state index in [4.69, 9.17) is 0 Å². The molecular formula is C16H12F3NO2S. The number of carbonyl (C=O) groups is 1. The standard InChI is InChI=1S/C16H12F3NO2S/c17-16(18,19)10-7-5-9(6-8-10)14-13(21)15(22)20-11-3-1-2-4-12(11)23-14/h1-8,13-14,21H,(H,20,22)/t13-,14+/m0/s1. The molecule has 2 aromatic rings. The van der Waals surface area contributed by atoms with Gasteiger partial charge in [0.25, 0.3) is 5.91 Å². The summed E-state index contributed by atoms with van der Waals surface area (Å²) in [7, 11) is 0. The Balaban J connectivity index is 1.96. The molecule has 120 valence electrons. The van der Waals surface area contributed by atoms with Crippen LogP contribution in [0.3, 0.4) is 0 Å². The van der Waals surface area contributed by atoms with Gasteiger partial charge in [0.15, 0.2) is 0 Å². The first-order valence-electron chi connectivity index (χ1n) is 6.78. The number of hydrogen-bond donors (Lipinski definition) is 2. The number of rotatable bonds is 1. The molecule has 0 spiro atoms. The average molecular weight is 339 g/mol. The molecule has 0 bridgehead atoms. The van der Waals surface area contributed by atoms with Gasteiger partial charge in [-0.2, -0.15) is 13.2 Å². The van der Waals surface area contributed by atoms with E-state index in [2.05, 4.69) is 5.32 Å². The zero-order valence-electron chi connectivity index (χ0n) is 11.7. The topological polar surface area (TPSA) is 49.3 Å². The smallest absolute Gasteiger partial charge is 0.382 e. The van der Waals surface area contributed by atoms with Gasteiger partial charge < -0.3 is 10.4 Å². The SMILES string of the molecule is O=C1Nc2ccccc2S[C@H](c2ccc(C(F)(F)F)cc2)[C@@H]1O. The molecule has 1 amide bonds. The Morgan fingerprint density at radius 1 is 1.04 bits per heavy atom. The Bertz CT molecular complexity index is 731. The summed E-state index contributed by atoms with van der Waals surface area (Å²) in [5, 5.41) is 12.2. The number of anilines is 1. The van der Waals surface area contributed by atoms with Crippen molar-refractivity contribution in [2.45, 2.75) is 22.4 Å². The van der Waals surface area contributed by atoms with Gasteiger partial charge in [0.2, 0.25) is 0 Å². The van der Waals surface area contributed by atoms with Crippen LogP contribution in [0, 0.1) is 0 Å². The second-order valence-corrected chi connectivity index (χ2v) is 6.27. The molecule has 0 saturated heterocycles. The molecule has 0 radical (unpaired) electrons. The molecule has 2 atom stereocenters. The summed E-state index contributed by atoms with van der Waals surface area (Å²) in [6, 6.07) is 11.5. The number of alkyl halides is 3. The number of nitrogens with one attached hydrogen (secondary N) is 1. The van der Waals surface area contributed by atoms with E-state index in [0.29, 0.717) is 11.3 Å². The minimum absolute atomic E-state index is 0.461. The molecule has 0 aromatic heterocycles. The second kappa shape index (κ2) is 5.90. The number of thioether (sulfide) groups is 1. The fourth-order valence-electron chi connectivity index (χ4n) is 2.33. The van der Waals surface area contributed by atoms with Crippen LogP contribution in [0.25, 0.3) is 0 Å². The summed E-state index contributed by atoms with van der Waals surface area (Å²) in [6.45, 7) is 0. The van der Waals surface area contributed by atoms with Crippen molar-refractivity contribution in [1.82, 2.24) is 0 Å². The Hall–Kier alpha value is -1.99. The third-order valence-electron chi connectivity index (χ3n) is 3.52. The van der Waals surface area contributed by atoms with Gasteiger partial charge in [-0.1, -0.05) is 24.3 Å². The van der Waals surface area contributed by atoms with E-state index in [0.717, 1.165) is 17.0 Å². The van der Waals surface area contributed by atoms with E-state index in [-0.39, 0.29) is 0 Å². The van der Waals surface area contributed by atoms with Crippen LogP contribution >= 0.6 is 11.8 Å². The molecule has 3 rings (SSSR count). The molecule has 1 heterocycles. The molecule has 0 saturated carbocycles. The lowest BCUT2D eigenvalue weighted by Gasteiger charge is -2.19. The Labute approximate surface area is 134 Å². The van der Waals surface area contributed by atoms with Crippen LogP contribution in [0.15, 0.2) is 53.4 Å². The number of aliphatic hydroxyl groups is 1. The van der Waals surface area contributed by atoms with Crippen LogP contribution in [-0.4, -0.2) is 17.1 Å². The van der Waals surface area contributed by atoms with Gasteiger partial charge in [-0.05, 0) is 29.8 Å². The van der Waals surface area contributed by atoms with Crippen molar-refractivity contribution in [3.63, 3.8) is 0 Å². The molecule has 3 nitrogen and oxygen atoms in total. The monoisotopic (exact) mass is 339 g/mol. The number of amides is 1. The lowest BCUT2D eigenvalue weighted by Crippen LogP contribution is -2.30.